The second-order valence-electron chi connectivity index (χ2n) is 17.4. The van der Waals surface area contributed by atoms with Crippen molar-refractivity contribution in [2.24, 2.45) is 23.7 Å². The highest BCUT2D eigenvalue weighted by Crippen LogP contribution is 2.48. The molecule has 0 unspecified atom stereocenters. The predicted octanol–water partition coefficient (Wildman–Crippen LogP) is 6.08. The van der Waals surface area contributed by atoms with Gasteiger partial charge < -0.3 is 48.7 Å². The molecule has 4 bridgehead atoms. The number of ether oxygens (including phenoxy) is 5. The summed E-state index contributed by atoms with van der Waals surface area (Å²) in [7, 11) is 1.45. The molecular weight excluding hydrogens is 827 g/mol. The molecule has 1 fully saturated rings. The topological polar surface area (TPSA) is 216 Å². The number of ketones is 1. The van der Waals surface area contributed by atoms with Crippen LogP contribution in [-0.2, 0) is 23.8 Å². The molecule has 1 amide bonds. The number of amides is 1. The predicted molar refractivity (Wildman–Crippen MR) is 238 cm³/mol. The van der Waals surface area contributed by atoms with Gasteiger partial charge >= 0.3 is 11.8 Å². The number of phenolic OH excluding ortho intramolecular Hbond substituents is 1. The van der Waals surface area contributed by atoms with Gasteiger partial charge in [0.05, 0.1) is 35.5 Å². The van der Waals surface area contributed by atoms with Crippen molar-refractivity contribution in [1.82, 2.24) is 9.88 Å². The first-order valence-electron chi connectivity index (χ1n) is 21.6. The summed E-state index contributed by atoms with van der Waals surface area (Å²) < 4.78 is 36.3. The van der Waals surface area contributed by atoms with Crippen molar-refractivity contribution >= 4 is 56.3 Å². The number of aromatic hydroxyl groups is 1. The zero-order valence-electron chi connectivity index (χ0n) is 37.6. The Morgan fingerprint density at radius 3 is 2.42 bits per heavy atom. The Morgan fingerprint density at radius 2 is 1.75 bits per heavy atom. The third-order valence-corrected chi connectivity index (χ3v) is 12.9. The largest absolute Gasteiger partial charge is 0.505 e. The first kappa shape index (κ1) is 46.2. The lowest BCUT2D eigenvalue weighted by atomic mass is 9.78. The van der Waals surface area contributed by atoms with E-state index in [4.69, 9.17) is 33.1 Å². The molecule has 16 nitrogen and oxygen atoms in total. The number of benzene rings is 3. The number of carbonyl (C=O) groups is 3. The van der Waals surface area contributed by atoms with E-state index in [0.717, 1.165) is 26.1 Å². The molecule has 1 aromatic heterocycles. The monoisotopic (exact) mass is 883 g/mol. The average Bonchev–Trinajstić information content (AvgIpc) is 3.51. The van der Waals surface area contributed by atoms with Crippen LogP contribution in [-0.4, -0.2) is 106 Å². The van der Waals surface area contributed by atoms with E-state index >= 15 is 0 Å². The Labute approximate surface area is 370 Å². The fraction of sp³-hybridized carbons (Fsp3) is 0.479. The van der Waals surface area contributed by atoms with Crippen molar-refractivity contribution in [2.75, 3.05) is 38.7 Å². The Bertz CT molecular complexity index is 2650. The number of phenols is 1. The number of methoxy groups -OCH3 is 1. The summed E-state index contributed by atoms with van der Waals surface area (Å²) in [4.78, 5) is 62.5. The van der Waals surface area contributed by atoms with Gasteiger partial charge in [0.2, 0.25) is 0 Å². The van der Waals surface area contributed by atoms with E-state index in [-0.39, 0.29) is 55.6 Å². The summed E-state index contributed by atoms with van der Waals surface area (Å²) in [6.07, 6.45) is 4.78. The van der Waals surface area contributed by atoms with Crippen molar-refractivity contribution in [3.05, 3.63) is 75.7 Å². The quantitative estimate of drug-likeness (QED) is 0.0747. The van der Waals surface area contributed by atoms with E-state index in [1.165, 1.54) is 46.3 Å². The van der Waals surface area contributed by atoms with Crippen molar-refractivity contribution < 1.29 is 57.8 Å². The lowest BCUT2D eigenvalue weighted by Crippen LogP contribution is -2.46. The lowest BCUT2D eigenvalue weighted by molar-refractivity contribution is -0.160. The summed E-state index contributed by atoms with van der Waals surface area (Å²) in [6, 6.07) is 5.05. The number of anilines is 1. The molecule has 0 aliphatic carbocycles. The van der Waals surface area contributed by atoms with Crippen molar-refractivity contribution in [3.8, 4) is 17.2 Å². The number of hydrogen-bond donors (Lipinski definition) is 4. The molecule has 64 heavy (non-hydrogen) atoms. The molecule has 7 rings (SSSR count). The molecule has 16 heteroatoms. The Hall–Kier alpha value is -5.81. The highest BCUT2D eigenvalue weighted by Gasteiger charge is 2.49. The van der Waals surface area contributed by atoms with E-state index in [2.05, 4.69) is 10.2 Å². The molecule has 1 saturated heterocycles. The number of likely N-dealkylation sites (tertiary alicyclic amines) is 1. The van der Waals surface area contributed by atoms with Gasteiger partial charge in [-0.05, 0) is 51.6 Å². The van der Waals surface area contributed by atoms with Crippen LogP contribution in [0.15, 0.2) is 63.6 Å². The molecular formula is C48H57N3O13. The van der Waals surface area contributed by atoms with Gasteiger partial charge in [-0.1, -0.05) is 45.9 Å². The zero-order chi connectivity index (χ0) is 46.4. The second kappa shape index (κ2) is 18.4. The maximum Gasteiger partial charge on any atom is 0.312 e. The maximum absolute atomic E-state index is 14.7. The first-order valence-corrected chi connectivity index (χ1v) is 21.6. The molecule has 0 spiro atoms. The first-order chi connectivity index (χ1) is 30.4. The number of nitrogens with one attached hydrogen (secondary N) is 1. The summed E-state index contributed by atoms with van der Waals surface area (Å²) in [6.45, 7) is 15.8. The minimum atomic E-state index is -2.04. The summed E-state index contributed by atoms with van der Waals surface area (Å²) in [5, 5.41) is 37.4. The molecule has 4 heterocycles. The molecule has 342 valence electrons. The summed E-state index contributed by atoms with van der Waals surface area (Å²) >= 11 is 0. The standard InChI is InChI=1S/C48H57N3O13/c1-23-12-10-13-24(2)47(58)50-38-42(56)35-34(37-45(38)63-33-22-30(14-15-31(33)49-37)60-21-19-51-17-11-18-51)36-44(28(6)41(35)55)64-48(8,46(36)57)61-20-16-32(59-9)25(3)43(62-29(7)52)27(5)40(54)26(4)39(23)53/h10,12-16,20,22-23,25-27,32,39-40,43,53-54,56H,11,17-19,21H2,1-9H3,(H,50,58)/b12-10+,20-16+,24-13-/t23-,25+,26+,27+,32-,39-,40+,43+,48-/m0/s1. The number of esters is 1. The van der Waals surface area contributed by atoms with Gasteiger partial charge in [0.1, 0.15) is 40.9 Å². The number of nitrogens with zero attached hydrogens (tertiary/aromatic N) is 2. The van der Waals surface area contributed by atoms with Crippen LogP contribution in [0.25, 0.3) is 33.0 Å². The van der Waals surface area contributed by atoms with Crippen LogP contribution in [0.1, 0.15) is 70.8 Å². The highest BCUT2D eigenvalue weighted by atomic mass is 16.7. The number of aromatic nitrogens is 1. The van der Waals surface area contributed by atoms with Crippen molar-refractivity contribution in [3.63, 3.8) is 0 Å². The molecule has 3 aromatic carbocycles. The Kier molecular flexibility index (Phi) is 13.2. The molecule has 9 atom stereocenters. The molecule has 4 aromatic rings. The third kappa shape index (κ3) is 8.59. The summed E-state index contributed by atoms with van der Waals surface area (Å²) in [5.41, 5.74) is -0.446. The smallest absolute Gasteiger partial charge is 0.312 e. The van der Waals surface area contributed by atoms with Crippen LogP contribution in [0.4, 0.5) is 5.69 Å². The SMILES string of the molecule is CO[C@H]1/C=C/O[C@@]2(C)Oc3c(C)c(=O)c4c(O)c(c5oc6cc(OCCN7CCC7)ccc6nc5c4c3C2=O)NC(=O)/C(C)=C\C=C\[C@H](C)[C@H](O)[C@@H](C)[C@@H](O)[C@@H](C)[C@H](OC(C)=O)[C@@H]1C. The Balaban J connectivity index is 1.40. The molecule has 0 saturated carbocycles. The van der Waals surface area contributed by atoms with E-state index in [1.807, 2.05) is 0 Å². The number of aliphatic hydroxyl groups is 2. The Morgan fingerprint density at radius 1 is 1.02 bits per heavy atom. The van der Waals surface area contributed by atoms with E-state index in [1.54, 1.807) is 65.0 Å². The maximum atomic E-state index is 14.7. The van der Waals surface area contributed by atoms with Gasteiger partial charge in [-0.15, -0.1) is 0 Å². The van der Waals surface area contributed by atoms with Gasteiger partial charge in [-0.2, -0.15) is 0 Å². The van der Waals surface area contributed by atoms with Gasteiger partial charge in [-0.3, -0.25) is 24.1 Å². The number of hydrogen-bond acceptors (Lipinski definition) is 15. The number of carbonyl (C=O) groups excluding carboxylic acids is 3. The van der Waals surface area contributed by atoms with Crippen LogP contribution in [0.5, 0.6) is 17.2 Å². The molecule has 3 aliphatic heterocycles. The average molecular weight is 884 g/mol. The molecule has 0 radical (unpaired) electrons. The number of Topliss-reactive ketones (excluding diaryl/α,β-unsaturated/α-hetero) is 1. The minimum Gasteiger partial charge on any atom is -0.505 e. The van der Waals surface area contributed by atoms with Crippen LogP contribution >= 0.6 is 0 Å². The molecule has 4 N–H and O–H groups in total. The third-order valence-electron chi connectivity index (χ3n) is 12.9. The number of fused-ring (bicyclic) bond motifs is 2. The van der Waals surface area contributed by atoms with E-state index < -0.39 is 82.7 Å². The van der Waals surface area contributed by atoms with Crippen LogP contribution < -0.4 is 20.2 Å². The minimum absolute atomic E-state index is 0.00532. The summed E-state index contributed by atoms with van der Waals surface area (Å²) in [5.74, 6) is -6.73. The fourth-order valence-electron chi connectivity index (χ4n) is 8.77. The molecule has 3 aliphatic rings. The highest BCUT2D eigenvalue weighted by molar-refractivity contribution is 6.26. The fourth-order valence-corrected chi connectivity index (χ4v) is 8.77. The van der Waals surface area contributed by atoms with Crippen molar-refractivity contribution in [2.45, 2.75) is 92.0 Å². The van der Waals surface area contributed by atoms with Crippen LogP contribution in [0, 0.1) is 30.6 Å². The normalized spacial score (nSPS) is 30.0. The van der Waals surface area contributed by atoms with Gasteiger partial charge in [0.25, 0.3) is 11.7 Å². The van der Waals surface area contributed by atoms with Gasteiger partial charge in [-0.25, -0.2) is 4.98 Å². The second-order valence-corrected chi connectivity index (χ2v) is 17.4. The number of allylic oxidation sites excluding steroid dienone is 2. The zero-order valence-corrected chi connectivity index (χ0v) is 37.6. The lowest BCUT2D eigenvalue weighted by Gasteiger charge is -2.38. The number of rotatable bonds is 6. The number of aliphatic hydroxyl groups excluding tert-OH is 2. The van der Waals surface area contributed by atoms with E-state index in [9.17, 15) is 34.5 Å². The van der Waals surface area contributed by atoms with Gasteiger partial charge in [0.15, 0.2) is 22.3 Å². The van der Waals surface area contributed by atoms with Gasteiger partial charge in [0, 0.05) is 73.8 Å². The van der Waals surface area contributed by atoms with Crippen LogP contribution in [0.3, 0.4) is 0 Å². The van der Waals surface area contributed by atoms with E-state index in [0.29, 0.717) is 17.9 Å². The van der Waals surface area contributed by atoms with Crippen molar-refractivity contribution in [1.29, 1.82) is 0 Å². The van der Waals surface area contributed by atoms with Crippen LogP contribution in [0.2, 0.25) is 0 Å².